The Labute approximate surface area is 177 Å². The van der Waals surface area contributed by atoms with Gasteiger partial charge in [0.15, 0.2) is 0 Å². The molecule has 0 fully saturated rings. The van der Waals surface area contributed by atoms with Gasteiger partial charge in [-0.15, -0.1) is 6.58 Å². The van der Waals surface area contributed by atoms with Crippen LogP contribution < -0.4 is 9.47 Å². The molecule has 1 aromatic carbocycles. The van der Waals surface area contributed by atoms with Crippen LogP contribution in [0, 0.1) is 0 Å². The lowest BCUT2D eigenvalue weighted by atomic mass is 10.1. The Morgan fingerprint density at radius 1 is 1.30 bits per heavy atom. The molecule has 0 N–H and O–H groups in total. The molecule has 0 saturated heterocycles. The molecular formula is C21H21ClF3NO4. The Morgan fingerprint density at radius 2 is 2.07 bits per heavy atom. The van der Waals surface area contributed by atoms with E-state index in [1.807, 2.05) is 0 Å². The number of pyridine rings is 1. The number of hydrogen-bond acceptors (Lipinski definition) is 5. The summed E-state index contributed by atoms with van der Waals surface area (Å²) in [5, 5.41) is -0.292. The summed E-state index contributed by atoms with van der Waals surface area (Å²) in [5.41, 5.74) is -0.360. The fourth-order valence-electron chi connectivity index (χ4n) is 2.42. The number of benzene rings is 1. The maximum Gasteiger partial charge on any atom is 0.417 e. The fourth-order valence-corrected chi connectivity index (χ4v) is 2.62. The predicted molar refractivity (Wildman–Crippen MR) is 106 cm³/mol. The van der Waals surface area contributed by atoms with Crippen molar-refractivity contribution in [1.29, 1.82) is 0 Å². The van der Waals surface area contributed by atoms with Gasteiger partial charge < -0.3 is 14.2 Å². The highest BCUT2D eigenvalue weighted by Gasteiger charge is 2.32. The van der Waals surface area contributed by atoms with Crippen LogP contribution in [-0.4, -0.2) is 24.2 Å². The minimum atomic E-state index is -4.57. The predicted octanol–water partition coefficient (Wildman–Crippen LogP) is 6.00. The zero-order chi connectivity index (χ0) is 22.1. The molecule has 0 radical (unpaired) electrons. The van der Waals surface area contributed by atoms with Gasteiger partial charge in [0.1, 0.15) is 16.5 Å². The zero-order valence-corrected chi connectivity index (χ0v) is 17.1. The van der Waals surface area contributed by atoms with E-state index in [0.29, 0.717) is 37.0 Å². The summed E-state index contributed by atoms with van der Waals surface area (Å²) in [6, 6.07) is 5.72. The van der Waals surface area contributed by atoms with Gasteiger partial charge in [-0.2, -0.15) is 13.2 Å². The fraction of sp³-hybridized carbons (Fsp3) is 0.333. The van der Waals surface area contributed by atoms with Gasteiger partial charge >= 0.3 is 12.1 Å². The summed E-state index contributed by atoms with van der Waals surface area (Å²) in [6.07, 6.45) is -1.19. The average molecular weight is 444 g/mol. The standard InChI is InChI=1S/C21H21ClF3NO4/c1-3-5-10-29-16-8-6-14(7-9-19(27)28-4-2)18(12-16)30-20-17(22)11-15(13-26-20)21(23,24)25/h3,6,8,11-13H,1,4-5,7,9-10H2,2H3. The first-order chi connectivity index (χ1) is 14.2. The van der Waals surface area contributed by atoms with E-state index in [1.54, 1.807) is 31.2 Å². The zero-order valence-electron chi connectivity index (χ0n) is 16.3. The molecule has 0 bridgehead atoms. The lowest BCUT2D eigenvalue weighted by molar-refractivity contribution is -0.143. The Morgan fingerprint density at radius 3 is 2.70 bits per heavy atom. The number of carbonyl (C=O) groups is 1. The van der Waals surface area contributed by atoms with Crippen molar-refractivity contribution in [2.45, 2.75) is 32.4 Å². The minimum absolute atomic E-state index is 0.106. The van der Waals surface area contributed by atoms with Crippen LogP contribution in [0.1, 0.15) is 30.9 Å². The summed E-state index contributed by atoms with van der Waals surface area (Å²) < 4.78 is 54.7. The molecule has 1 aromatic heterocycles. The van der Waals surface area contributed by atoms with E-state index in [4.69, 9.17) is 25.8 Å². The Kier molecular flexibility index (Phi) is 8.53. The maximum absolute atomic E-state index is 12.8. The van der Waals surface area contributed by atoms with Crippen molar-refractivity contribution in [1.82, 2.24) is 4.98 Å². The van der Waals surface area contributed by atoms with Crippen LogP contribution in [-0.2, 0) is 22.1 Å². The molecule has 0 aliphatic carbocycles. The van der Waals surface area contributed by atoms with Gasteiger partial charge in [-0.3, -0.25) is 4.79 Å². The van der Waals surface area contributed by atoms with Gasteiger partial charge in [0.2, 0.25) is 5.88 Å². The normalized spacial score (nSPS) is 11.1. The number of carbonyl (C=O) groups excluding carboxylic acids is 1. The van der Waals surface area contributed by atoms with Gasteiger partial charge in [-0.25, -0.2) is 4.98 Å². The summed E-state index contributed by atoms with van der Waals surface area (Å²) in [5.74, 6) is 0.185. The van der Waals surface area contributed by atoms with Crippen LogP contribution in [0.4, 0.5) is 13.2 Å². The third-order valence-electron chi connectivity index (χ3n) is 3.87. The SMILES string of the molecule is C=CCCOc1ccc(CCC(=O)OCC)c(Oc2ncc(C(F)(F)F)cc2Cl)c1. The average Bonchev–Trinajstić information content (AvgIpc) is 2.68. The van der Waals surface area contributed by atoms with Crippen molar-refractivity contribution >= 4 is 17.6 Å². The van der Waals surface area contributed by atoms with Gasteiger partial charge in [-0.05, 0) is 37.5 Å². The molecule has 2 aromatic rings. The van der Waals surface area contributed by atoms with Gasteiger partial charge in [0.25, 0.3) is 0 Å². The van der Waals surface area contributed by atoms with E-state index in [1.165, 1.54) is 0 Å². The number of rotatable bonds is 10. The van der Waals surface area contributed by atoms with Crippen molar-refractivity contribution in [2.24, 2.45) is 0 Å². The summed E-state index contributed by atoms with van der Waals surface area (Å²) in [7, 11) is 0. The van der Waals surface area contributed by atoms with Crippen LogP contribution >= 0.6 is 11.6 Å². The van der Waals surface area contributed by atoms with Crippen LogP contribution in [0.15, 0.2) is 43.1 Å². The number of aromatic nitrogens is 1. The van der Waals surface area contributed by atoms with Gasteiger partial charge in [0.05, 0.1) is 18.8 Å². The topological polar surface area (TPSA) is 57.7 Å². The maximum atomic E-state index is 12.8. The van der Waals surface area contributed by atoms with Crippen molar-refractivity contribution in [3.8, 4) is 17.4 Å². The first kappa shape index (κ1) is 23.5. The van der Waals surface area contributed by atoms with Crippen molar-refractivity contribution < 1.29 is 32.2 Å². The van der Waals surface area contributed by atoms with Crippen LogP contribution in [0.5, 0.6) is 17.4 Å². The van der Waals surface area contributed by atoms with E-state index in [0.717, 1.165) is 6.07 Å². The Balaban J connectivity index is 2.28. The minimum Gasteiger partial charge on any atom is -0.493 e. The second-order valence-electron chi connectivity index (χ2n) is 6.11. The molecule has 0 saturated carbocycles. The van der Waals surface area contributed by atoms with Crippen LogP contribution in [0.25, 0.3) is 0 Å². The monoisotopic (exact) mass is 443 g/mol. The summed E-state index contributed by atoms with van der Waals surface area (Å²) in [6.45, 7) is 5.99. The first-order valence-electron chi connectivity index (χ1n) is 9.17. The molecule has 0 aliphatic rings. The van der Waals surface area contributed by atoms with E-state index >= 15 is 0 Å². The third kappa shape index (κ3) is 6.95. The number of nitrogens with zero attached hydrogens (tertiary/aromatic N) is 1. The van der Waals surface area contributed by atoms with Gasteiger partial charge in [0, 0.05) is 18.7 Å². The van der Waals surface area contributed by atoms with Crippen molar-refractivity contribution in [3.05, 3.63) is 59.3 Å². The number of halogens is 4. The molecule has 30 heavy (non-hydrogen) atoms. The molecule has 0 atom stereocenters. The second kappa shape index (κ2) is 10.9. The molecular weight excluding hydrogens is 423 g/mol. The van der Waals surface area contributed by atoms with E-state index in [9.17, 15) is 18.0 Å². The highest BCUT2D eigenvalue weighted by atomic mass is 35.5. The third-order valence-corrected chi connectivity index (χ3v) is 4.15. The quantitative estimate of drug-likeness (QED) is 0.256. The lowest BCUT2D eigenvalue weighted by Gasteiger charge is -2.14. The Bertz CT molecular complexity index is 887. The number of aryl methyl sites for hydroxylation is 1. The molecule has 5 nitrogen and oxygen atoms in total. The van der Waals surface area contributed by atoms with Crippen LogP contribution in [0.3, 0.4) is 0 Å². The second-order valence-corrected chi connectivity index (χ2v) is 6.52. The molecule has 162 valence electrons. The highest BCUT2D eigenvalue weighted by Crippen LogP contribution is 2.36. The molecule has 9 heteroatoms. The van der Waals surface area contributed by atoms with Crippen molar-refractivity contribution in [3.63, 3.8) is 0 Å². The Hall–Kier alpha value is -2.74. The molecule has 0 unspecified atom stereocenters. The molecule has 0 aliphatic heterocycles. The van der Waals surface area contributed by atoms with Crippen LogP contribution in [0.2, 0.25) is 5.02 Å². The molecule has 0 amide bonds. The highest BCUT2D eigenvalue weighted by molar-refractivity contribution is 6.31. The number of esters is 1. The number of ether oxygens (including phenoxy) is 3. The van der Waals surface area contributed by atoms with Crippen molar-refractivity contribution in [2.75, 3.05) is 13.2 Å². The van der Waals surface area contributed by atoms with E-state index in [2.05, 4.69) is 11.6 Å². The van der Waals surface area contributed by atoms with Gasteiger partial charge in [-0.1, -0.05) is 23.7 Å². The summed E-state index contributed by atoms with van der Waals surface area (Å²) >= 11 is 5.94. The molecule has 2 rings (SSSR count). The number of alkyl halides is 3. The molecule has 1 heterocycles. The summed E-state index contributed by atoms with van der Waals surface area (Å²) in [4.78, 5) is 15.4. The van der Waals surface area contributed by atoms with E-state index in [-0.39, 0.29) is 35.6 Å². The first-order valence-corrected chi connectivity index (χ1v) is 9.55. The molecule has 0 spiro atoms. The lowest BCUT2D eigenvalue weighted by Crippen LogP contribution is -2.07. The smallest absolute Gasteiger partial charge is 0.417 e. The van der Waals surface area contributed by atoms with E-state index < -0.39 is 11.7 Å². The number of hydrogen-bond donors (Lipinski definition) is 0. The largest absolute Gasteiger partial charge is 0.493 e.